The molecule has 2 aromatic carbocycles. The standard InChI is InChI=1S/C24H23N5O4/c30-24(8-4-13-25-18-9-11-21(12-10-18)29(31)32)27-19-5-3-6-22(15-19)33-17-20-16-28-14-2-1-7-23(28)26-20/h1-3,5-7,9-12,14-16,25H,4,8,13,17H2,(H,27,30). The zero-order chi connectivity index (χ0) is 23.0. The number of aromatic nitrogens is 2. The number of hydrogen-bond donors (Lipinski definition) is 2. The van der Waals surface area contributed by atoms with Gasteiger partial charge in [-0.2, -0.15) is 0 Å². The van der Waals surface area contributed by atoms with Gasteiger partial charge >= 0.3 is 0 Å². The summed E-state index contributed by atoms with van der Waals surface area (Å²) in [6.45, 7) is 0.904. The largest absolute Gasteiger partial charge is 0.487 e. The van der Waals surface area contributed by atoms with Gasteiger partial charge in [-0.1, -0.05) is 12.1 Å². The molecule has 0 aliphatic heterocycles. The summed E-state index contributed by atoms with van der Waals surface area (Å²) in [7, 11) is 0. The SMILES string of the molecule is O=C(CCCNc1ccc([N+](=O)[O-])cc1)Nc1cccc(OCc2cn3ccccc3n2)c1. The molecule has 2 N–H and O–H groups in total. The van der Waals surface area contributed by atoms with Crippen molar-refractivity contribution < 1.29 is 14.5 Å². The Morgan fingerprint density at radius 2 is 1.91 bits per heavy atom. The zero-order valence-corrected chi connectivity index (χ0v) is 17.8. The highest BCUT2D eigenvalue weighted by Gasteiger charge is 2.07. The third kappa shape index (κ3) is 6.07. The molecule has 4 aromatic rings. The van der Waals surface area contributed by atoms with Crippen molar-refractivity contribution in [3.63, 3.8) is 0 Å². The Bertz CT molecular complexity index is 1220. The highest BCUT2D eigenvalue weighted by atomic mass is 16.6. The van der Waals surface area contributed by atoms with E-state index in [9.17, 15) is 14.9 Å². The first kappa shape index (κ1) is 21.8. The number of imidazole rings is 1. The molecule has 9 nitrogen and oxygen atoms in total. The lowest BCUT2D eigenvalue weighted by molar-refractivity contribution is -0.384. The first-order valence-corrected chi connectivity index (χ1v) is 10.5. The van der Waals surface area contributed by atoms with E-state index in [0.717, 1.165) is 17.0 Å². The predicted molar refractivity (Wildman–Crippen MR) is 125 cm³/mol. The van der Waals surface area contributed by atoms with Crippen LogP contribution in [0.25, 0.3) is 5.65 Å². The Kier molecular flexibility index (Phi) is 6.79. The van der Waals surface area contributed by atoms with Crippen LogP contribution in [0.4, 0.5) is 17.1 Å². The Labute approximate surface area is 190 Å². The number of benzene rings is 2. The average molecular weight is 445 g/mol. The van der Waals surface area contributed by atoms with Crippen molar-refractivity contribution in [2.45, 2.75) is 19.4 Å². The number of nitro benzene ring substituents is 1. The average Bonchev–Trinajstić information content (AvgIpc) is 3.24. The maximum absolute atomic E-state index is 12.3. The zero-order valence-electron chi connectivity index (χ0n) is 17.8. The molecule has 168 valence electrons. The van der Waals surface area contributed by atoms with Crippen LogP contribution in [-0.4, -0.2) is 26.8 Å². The van der Waals surface area contributed by atoms with Crippen LogP contribution in [0.15, 0.2) is 79.1 Å². The van der Waals surface area contributed by atoms with Gasteiger partial charge in [0.2, 0.25) is 5.91 Å². The number of rotatable bonds is 10. The molecular formula is C24H23N5O4. The molecule has 0 saturated carbocycles. The molecule has 0 spiro atoms. The van der Waals surface area contributed by atoms with Crippen molar-refractivity contribution in [1.82, 2.24) is 9.38 Å². The van der Waals surface area contributed by atoms with Gasteiger partial charge < -0.3 is 19.8 Å². The van der Waals surface area contributed by atoms with E-state index in [2.05, 4.69) is 15.6 Å². The lowest BCUT2D eigenvalue weighted by Crippen LogP contribution is -2.13. The van der Waals surface area contributed by atoms with Crippen LogP contribution >= 0.6 is 0 Å². The Balaban J connectivity index is 1.21. The molecular weight excluding hydrogens is 422 g/mol. The molecule has 33 heavy (non-hydrogen) atoms. The third-order valence-corrected chi connectivity index (χ3v) is 4.91. The summed E-state index contributed by atoms with van der Waals surface area (Å²) in [5.41, 5.74) is 3.16. The lowest BCUT2D eigenvalue weighted by Gasteiger charge is -2.09. The predicted octanol–water partition coefficient (Wildman–Crippen LogP) is 4.65. The molecule has 0 fully saturated rings. The second-order valence-electron chi connectivity index (χ2n) is 7.40. The quantitative estimate of drug-likeness (QED) is 0.209. The maximum Gasteiger partial charge on any atom is 0.269 e. The number of nitro groups is 1. The molecule has 0 aliphatic rings. The number of carbonyl (C=O) groups is 1. The normalized spacial score (nSPS) is 10.7. The van der Waals surface area contributed by atoms with Gasteiger partial charge in [-0.3, -0.25) is 14.9 Å². The van der Waals surface area contributed by atoms with Crippen molar-refractivity contribution in [3.8, 4) is 5.75 Å². The van der Waals surface area contributed by atoms with Gasteiger partial charge in [0, 0.05) is 54.9 Å². The van der Waals surface area contributed by atoms with Gasteiger partial charge in [-0.25, -0.2) is 4.98 Å². The van der Waals surface area contributed by atoms with E-state index in [-0.39, 0.29) is 11.6 Å². The third-order valence-electron chi connectivity index (χ3n) is 4.91. The summed E-state index contributed by atoms with van der Waals surface area (Å²) < 4.78 is 7.77. The number of pyridine rings is 1. The molecule has 0 saturated heterocycles. The van der Waals surface area contributed by atoms with Crippen molar-refractivity contribution in [2.75, 3.05) is 17.2 Å². The Morgan fingerprint density at radius 1 is 1.06 bits per heavy atom. The fraction of sp³-hybridized carbons (Fsp3) is 0.167. The summed E-state index contributed by atoms with van der Waals surface area (Å²) in [6.07, 6.45) is 4.81. The van der Waals surface area contributed by atoms with E-state index in [4.69, 9.17) is 4.74 Å². The summed E-state index contributed by atoms with van der Waals surface area (Å²) in [5.74, 6) is 0.544. The number of nitrogens with one attached hydrogen (secondary N) is 2. The number of non-ortho nitro benzene ring substituents is 1. The van der Waals surface area contributed by atoms with Crippen LogP contribution in [0.1, 0.15) is 18.5 Å². The van der Waals surface area contributed by atoms with Crippen LogP contribution in [0.3, 0.4) is 0 Å². The van der Waals surface area contributed by atoms with Crippen LogP contribution < -0.4 is 15.4 Å². The van der Waals surface area contributed by atoms with E-state index in [1.165, 1.54) is 12.1 Å². The molecule has 2 heterocycles. The molecule has 0 radical (unpaired) electrons. The van der Waals surface area contributed by atoms with E-state index in [1.54, 1.807) is 18.2 Å². The summed E-state index contributed by atoms with van der Waals surface area (Å²) >= 11 is 0. The van der Waals surface area contributed by atoms with Gasteiger partial charge in [0.15, 0.2) is 0 Å². The number of ether oxygens (including phenoxy) is 1. The minimum Gasteiger partial charge on any atom is -0.487 e. The summed E-state index contributed by atoms with van der Waals surface area (Å²) in [5, 5.41) is 16.7. The van der Waals surface area contributed by atoms with Crippen LogP contribution in [-0.2, 0) is 11.4 Å². The number of hydrogen-bond acceptors (Lipinski definition) is 6. The summed E-state index contributed by atoms with van der Waals surface area (Å²) in [4.78, 5) is 27.0. The van der Waals surface area contributed by atoms with Crippen LogP contribution in [0.5, 0.6) is 5.75 Å². The van der Waals surface area contributed by atoms with E-state index in [1.807, 2.05) is 53.2 Å². The molecule has 0 atom stereocenters. The van der Waals surface area contributed by atoms with Crippen molar-refractivity contribution in [2.24, 2.45) is 0 Å². The fourth-order valence-electron chi connectivity index (χ4n) is 3.28. The van der Waals surface area contributed by atoms with Gasteiger partial charge in [0.1, 0.15) is 18.0 Å². The van der Waals surface area contributed by atoms with Crippen LogP contribution in [0, 0.1) is 10.1 Å². The van der Waals surface area contributed by atoms with E-state index in [0.29, 0.717) is 37.4 Å². The topological polar surface area (TPSA) is 111 Å². The van der Waals surface area contributed by atoms with Crippen molar-refractivity contribution in [3.05, 3.63) is 94.9 Å². The molecule has 0 bridgehead atoms. The van der Waals surface area contributed by atoms with Crippen molar-refractivity contribution in [1.29, 1.82) is 0 Å². The monoisotopic (exact) mass is 445 g/mol. The maximum atomic E-state index is 12.3. The molecule has 2 aromatic heterocycles. The second kappa shape index (κ2) is 10.3. The second-order valence-corrected chi connectivity index (χ2v) is 7.40. The van der Waals surface area contributed by atoms with Crippen LogP contribution in [0.2, 0.25) is 0 Å². The van der Waals surface area contributed by atoms with Gasteiger partial charge in [0.25, 0.3) is 5.69 Å². The Hall–Kier alpha value is -4.40. The van der Waals surface area contributed by atoms with E-state index >= 15 is 0 Å². The van der Waals surface area contributed by atoms with E-state index < -0.39 is 4.92 Å². The Morgan fingerprint density at radius 3 is 2.70 bits per heavy atom. The highest BCUT2D eigenvalue weighted by molar-refractivity contribution is 5.90. The molecule has 4 rings (SSSR count). The van der Waals surface area contributed by atoms with Gasteiger partial charge in [-0.15, -0.1) is 0 Å². The number of amides is 1. The van der Waals surface area contributed by atoms with Gasteiger partial charge in [0.05, 0.1) is 10.6 Å². The molecule has 0 unspecified atom stereocenters. The van der Waals surface area contributed by atoms with Gasteiger partial charge in [-0.05, 0) is 42.8 Å². The molecule has 1 amide bonds. The molecule has 9 heteroatoms. The molecule has 0 aliphatic carbocycles. The minimum absolute atomic E-state index is 0.0458. The minimum atomic E-state index is -0.437. The number of nitrogens with zero attached hydrogens (tertiary/aromatic N) is 3. The first-order chi connectivity index (χ1) is 16.1. The number of anilines is 2. The van der Waals surface area contributed by atoms with Crippen molar-refractivity contribution >= 4 is 28.6 Å². The number of fused-ring (bicyclic) bond motifs is 1. The number of carbonyl (C=O) groups excluding carboxylic acids is 1. The lowest BCUT2D eigenvalue weighted by atomic mass is 10.2. The smallest absolute Gasteiger partial charge is 0.269 e. The first-order valence-electron chi connectivity index (χ1n) is 10.5. The highest BCUT2D eigenvalue weighted by Crippen LogP contribution is 2.19. The fourth-order valence-corrected chi connectivity index (χ4v) is 3.28. The summed E-state index contributed by atoms with van der Waals surface area (Å²) in [6, 6.07) is 19.2.